The first kappa shape index (κ1) is 17.6. The van der Waals surface area contributed by atoms with Crippen LogP contribution in [0.25, 0.3) is 0 Å². The van der Waals surface area contributed by atoms with Crippen LogP contribution in [0, 0.1) is 12.8 Å². The minimum atomic E-state index is -0.567. The van der Waals surface area contributed by atoms with Crippen LogP contribution in [0.4, 0.5) is 0 Å². The van der Waals surface area contributed by atoms with Crippen LogP contribution in [0.3, 0.4) is 0 Å². The van der Waals surface area contributed by atoms with Crippen LogP contribution < -0.4 is 5.32 Å². The SMILES string of the molecule is Cc1nc(C2(NC(=O)c3cc(CC(C)C)[nH]n3)CCCCCC2)no1. The predicted molar refractivity (Wildman–Crippen MR) is 93.0 cm³/mol. The van der Waals surface area contributed by atoms with E-state index in [2.05, 4.69) is 39.5 Å². The number of H-pyrrole nitrogens is 1. The van der Waals surface area contributed by atoms with Crippen LogP contribution in [0.5, 0.6) is 0 Å². The summed E-state index contributed by atoms with van der Waals surface area (Å²) >= 11 is 0. The van der Waals surface area contributed by atoms with E-state index in [1.54, 1.807) is 6.92 Å². The molecule has 0 bridgehead atoms. The summed E-state index contributed by atoms with van der Waals surface area (Å²) in [5, 5.41) is 14.4. The van der Waals surface area contributed by atoms with Crippen molar-refractivity contribution in [3.8, 4) is 0 Å². The Hall–Kier alpha value is -2.18. The number of nitrogens with zero attached hydrogens (tertiary/aromatic N) is 3. The highest BCUT2D eigenvalue weighted by molar-refractivity contribution is 5.92. The first-order valence-corrected chi connectivity index (χ1v) is 9.16. The number of amides is 1. The molecule has 2 heterocycles. The fraction of sp³-hybridized carbons (Fsp3) is 0.667. The Morgan fingerprint density at radius 2 is 2.04 bits per heavy atom. The number of aryl methyl sites for hydroxylation is 1. The number of rotatable bonds is 5. The topological polar surface area (TPSA) is 96.7 Å². The summed E-state index contributed by atoms with van der Waals surface area (Å²) in [5.74, 6) is 1.42. The maximum Gasteiger partial charge on any atom is 0.272 e. The summed E-state index contributed by atoms with van der Waals surface area (Å²) in [7, 11) is 0. The van der Waals surface area contributed by atoms with Gasteiger partial charge in [0.05, 0.1) is 0 Å². The van der Waals surface area contributed by atoms with Gasteiger partial charge < -0.3 is 9.84 Å². The largest absolute Gasteiger partial charge is 0.340 e. The lowest BCUT2D eigenvalue weighted by Gasteiger charge is -2.30. The van der Waals surface area contributed by atoms with E-state index in [0.29, 0.717) is 23.3 Å². The van der Waals surface area contributed by atoms with E-state index in [1.807, 2.05) is 6.07 Å². The summed E-state index contributed by atoms with van der Waals surface area (Å²) in [6, 6.07) is 1.83. The number of hydrogen-bond donors (Lipinski definition) is 2. The standard InChI is InChI=1S/C18H27N5O2/c1-12(2)10-14-11-15(22-21-14)16(24)20-18(8-6-4-5-7-9-18)17-19-13(3)25-23-17/h11-12H,4-10H2,1-3H3,(H,20,24)(H,21,22). The second-order valence-corrected chi connectivity index (χ2v) is 7.46. The van der Waals surface area contributed by atoms with Crippen LogP contribution in [-0.2, 0) is 12.0 Å². The van der Waals surface area contributed by atoms with Gasteiger partial charge in [0.2, 0.25) is 5.89 Å². The molecule has 25 heavy (non-hydrogen) atoms. The molecule has 7 nitrogen and oxygen atoms in total. The van der Waals surface area contributed by atoms with Gasteiger partial charge in [-0.1, -0.05) is 44.7 Å². The van der Waals surface area contributed by atoms with Gasteiger partial charge >= 0.3 is 0 Å². The third kappa shape index (κ3) is 4.08. The monoisotopic (exact) mass is 345 g/mol. The summed E-state index contributed by atoms with van der Waals surface area (Å²) in [6.45, 7) is 6.05. The second-order valence-electron chi connectivity index (χ2n) is 7.46. The van der Waals surface area contributed by atoms with Crippen LogP contribution in [-0.4, -0.2) is 26.2 Å². The van der Waals surface area contributed by atoms with E-state index in [4.69, 9.17) is 4.52 Å². The Balaban J connectivity index is 1.82. The van der Waals surface area contributed by atoms with Gasteiger partial charge in [-0.15, -0.1) is 0 Å². The molecule has 1 saturated carbocycles. The lowest BCUT2D eigenvalue weighted by Crippen LogP contribution is -2.46. The Morgan fingerprint density at radius 3 is 2.64 bits per heavy atom. The van der Waals surface area contributed by atoms with Gasteiger partial charge in [-0.05, 0) is 31.2 Å². The molecule has 0 radical (unpaired) electrons. The van der Waals surface area contributed by atoms with Gasteiger partial charge in [-0.2, -0.15) is 10.1 Å². The molecule has 0 spiro atoms. The van der Waals surface area contributed by atoms with Crippen molar-refractivity contribution in [3.63, 3.8) is 0 Å². The molecule has 7 heteroatoms. The van der Waals surface area contributed by atoms with Crippen LogP contribution in [0.15, 0.2) is 10.6 Å². The summed E-state index contributed by atoms with van der Waals surface area (Å²) in [4.78, 5) is 17.2. The molecule has 1 aliphatic rings. The minimum Gasteiger partial charge on any atom is -0.340 e. The van der Waals surface area contributed by atoms with Crippen molar-refractivity contribution in [1.29, 1.82) is 0 Å². The van der Waals surface area contributed by atoms with Gasteiger partial charge in [-0.3, -0.25) is 9.89 Å². The van der Waals surface area contributed by atoms with Gasteiger partial charge in [0, 0.05) is 12.6 Å². The van der Waals surface area contributed by atoms with Crippen molar-refractivity contribution < 1.29 is 9.32 Å². The van der Waals surface area contributed by atoms with E-state index in [1.165, 1.54) is 0 Å². The molecule has 0 aromatic carbocycles. The summed E-state index contributed by atoms with van der Waals surface area (Å²) in [6.07, 6.45) is 6.91. The van der Waals surface area contributed by atoms with Crippen molar-refractivity contribution in [3.05, 3.63) is 29.2 Å². The van der Waals surface area contributed by atoms with Crippen LogP contribution >= 0.6 is 0 Å². The normalized spacial score (nSPS) is 17.4. The Kier molecular flexibility index (Phi) is 5.20. The van der Waals surface area contributed by atoms with E-state index in [0.717, 1.165) is 50.6 Å². The van der Waals surface area contributed by atoms with Crippen molar-refractivity contribution >= 4 is 5.91 Å². The third-order valence-electron chi connectivity index (χ3n) is 4.76. The van der Waals surface area contributed by atoms with Gasteiger partial charge in [0.15, 0.2) is 5.82 Å². The average Bonchev–Trinajstić information content (AvgIpc) is 3.13. The zero-order valence-corrected chi connectivity index (χ0v) is 15.3. The predicted octanol–water partition coefficient (Wildman–Crippen LogP) is 3.28. The Bertz CT molecular complexity index is 711. The molecular weight excluding hydrogens is 318 g/mol. The molecule has 2 aromatic rings. The first-order chi connectivity index (χ1) is 12.0. The lowest BCUT2D eigenvalue weighted by atomic mass is 9.89. The molecule has 0 unspecified atom stereocenters. The maximum absolute atomic E-state index is 12.8. The van der Waals surface area contributed by atoms with E-state index >= 15 is 0 Å². The molecule has 0 aliphatic heterocycles. The number of nitrogens with one attached hydrogen (secondary N) is 2. The number of aromatic amines is 1. The quantitative estimate of drug-likeness (QED) is 0.811. The van der Waals surface area contributed by atoms with Crippen LogP contribution in [0.2, 0.25) is 0 Å². The van der Waals surface area contributed by atoms with Crippen molar-refractivity contribution in [2.75, 3.05) is 0 Å². The maximum atomic E-state index is 12.8. The fourth-order valence-electron chi connectivity index (χ4n) is 3.53. The van der Waals surface area contributed by atoms with E-state index < -0.39 is 5.54 Å². The van der Waals surface area contributed by atoms with Crippen LogP contribution in [0.1, 0.15) is 80.3 Å². The zero-order valence-electron chi connectivity index (χ0n) is 15.3. The van der Waals surface area contributed by atoms with Crippen molar-refractivity contribution in [2.24, 2.45) is 5.92 Å². The highest BCUT2D eigenvalue weighted by atomic mass is 16.5. The molecule has 136 valence electrons. The van der Waals surface area contributed by atoms with E-state index in [9.17, 15) is 4.79 Å². The Labute approximate surface area is 148 Å². The highest BCUT2D eigenvalue weighted by Crippen LogP contribution is 2.34. The van der Waals surface area contributed by atoms with Crippen molar-refractivity contribution in [1.82, 2.24) is 25.7 Å². The lowest BCUT2D eigenvalue weighted by molar-refractivity contribution is 0.0871. The summed E-state index contributed by atoms with van der Waals surface area (Å²) in [5.41, 5.74) is 0.827. The second kappa shape index (κ2) is 7.37. The smallest absolute Gasteiger partial charge is 0.272 e. The fourth-order valence-corrected chi connectivity index (χ4v) is 3.53. The number of carbonyl (C=O) groups is 1. The average molecular weight is 345 g/mol. The summed E-state index contributed by atoms with van der Waals surface area (Å²) < 4.78 is 5.18. The number of carbonyl (C=O) groups excluding carboxylic acids is 1. The van der Waals surface area contributed by atoms with Crippen molar-refractivity contribution in [2.45, 2.75) is 71.3 Å². The highest BCUT2D eigenvalue weighted by Gasteiger charge is 2.39. The molecule has 3 rings (SSSR count). The molecule has 1 amide bonds. The van der Waals surface area contributed by atoms with Gasteiger partial charge in [0.1, 0.15) is 11.2 Å². The van der Waals surface area contributed by atoms with E-state index in [-0.39, 0.29) is 5.91 Å². The molecule has 1 fully saturated rings. The third-order valence-corrected chi connectivity index (χ3v) is 4.76. The molecular formula is C18H27N5O2. The molecule has 1 aliphatic carbocycles. The Morgan fingerprint density at radius 1 is 1.32 bits per heavy atom. The molecule has 2 aromatic heterocycles. The molecule has 0 saturated heterocycles. The number of aromatic nitrogens is 4. The molecule has 2 N–H and O–H groups in total. The first-order valence-electron chi connectivity index (χ1n) is 9.16. The van der Waals surface area contributed by atoms with Gasteiger partial charge in [-0.25, -0.2) is 0 Å². The zero-order chi connectivity index (χ0) is 17.9. The number of hydrogen-bond acceptors (Lipinski definition) is 5. The minimum absolute atomic E-state index is 0.185. The molecule has 0 atom stereocenters. The van der Waals surface area contributed by atoms with Gasteiger partial charge in [0.25, 0.3) is 5.91 Å².